The first-order valence-corrected chi connectivity index (χ1v) is 10.9. The molecule has 11 heteroatoms. The molecular weight excluding hydrogens is 438 g/mol. The zero-order chi connectivity index (χ0) is 23.7. The van der Waals surface area contributed by atoms with Crippen molar-refractivity contribution >= 4 is 35.4 Å². The summed E-state index contributed by atoms with van der Waals surface area (Å²) in [6.45, 7) is 10.0. The summed E-state index contributed by atoms with van der Waals surface area (Å²) < 4.78 is 16.8. The largest absolute Gasteiger partial charge is 0.484 e. The molecule has 2 aromatic rings. The van der Waals surface area contributed by atoms with Crippen molar-refractivity contribution in [2.75, 3.05) is 55.0 Å². The van der Waals surface area contributed by atoms with E-state index in [-0.39, 0.29) is 6.10 Å². The number of hydrogen-bond donors (Lipinski definition) is 2. The quantitative estimate of drug-likeness (QED) is 0.598. The van der Waals surface area contributed by atoms with Crippen LogP contribution in [0.5, 0.6) is 11.6 Å². The monoisotopic (exact) mass is 463 g/mol. The van der Waals surface area contributed by atoms with Gasteiger partial charge in [0.1, 0.15) is 30.8 Å². The second-order valence-corrected chi connectivity index (χ2v) is 8.00. The maximum absolute atomic E-state index is 12.4. The Labute approximate surface area is 196 Å². The molecule has 5 rings (SSSR count). The number of anilines is 3. The Morgan fingerprint density at radius 2 is 2.15 bits per heavy atom. The molecule has 0 bridgehead atoms. The SMILES string of the molecule is C=C1COc2ccc(N3C[C@H](CNCCOc4ccc5c(n4)N(C)C(=C)C=N5)OC3=O)nc2N1. The molecule has 1 amide bonds. The van der Waals surface area contributed by atoms with E-state index in [0.717, 1.165) is 11.4 Å². The number of nitrogens with one attached hydrogen (secondary N) is 2. The molecule has 0 spiro atoms. The standard InChI is InChI=1S/C23H25N7O4/c1-14-13-33-18-5-6-19(27-21(18)26-14)30-12-16(34-23(30)31)11-24-8-9-32-20-7-4-17-22(28-20)29(3)15(2)10-25-17/h4-7,10,16,24H,1-2,8-9,11-13H2,3H3,(H,26,27)/t16-/m0/s1. The molecule has 11 nitrogen and oxygen atoms in total. The predicted molar refractivity (Wildman–Crippen MR) is 128 cm³/mol. The molecule has 2 N–H and O–H groups in total. The number of amides is 1. The molecule has 0 aromatic carbocycles. The van der Waals surface area contributed by atoms with Gasteiger partial charge in [-0.25, -0.2) is 9.78 Å². The smallest absolute Gasteiger partial charge is 0.416 e. The van der Waals surface area contributed by atoms with E-state index in [0.29, 0.717) is 67.6 Å². The van der Waals surface area contributed by atoms with Crippen LogP contribution >= 0.6 is 0 Å². The van der Waals surface area contributed by atoms with Gasteiger partial charge < -0.3 is 29.7 Å². The Bertz CT molecular complexity index is 1180. The normalized spacial score (nSPS) is 18.7. The minimum atomic E-state index is -0.433. The van der Waals surface area contributed by atoms with Gasteiger partial charge in [-0.1, -0.05) is 13.2 Å². The van der Waals surface area contributed by atoms with Gasteiger partial charge in [-0.2, -0.15) is 4.98 Å². The lowest BCUT2D eigenvalue weighted by atomic mass is 10.3. The van der Waals surface area contributed by atoms with Gasteiger partial charge in [-0.05, 0) is 18.2 Å². The summed E-state index contributed by atoms with van der Waals surface area (Å²) in [7, 11) is 1.89. The van der Waals surface area contributed by atoms with Crippen molar-refractivity contribution in [1.29, 1.82) is 0 Å². The molecule has 3 aliphatic heterocycles. The summed E-state index contributed by atoms with van der Waals surface area (Å²) in [6, 6.07) is 7.17. The number of allylic oxidation sites excluding steroid dienone is 1. The minimum Gasteiger partial charge on any atom is -0.484 e. The number of carbonyl (C=O) groups is 1. The molecule has 5 heterocycles. The fourth-order valence-electron chi connectivity index (χ4n) is 3.68. The minimum absolute atomic E-state index is 0.302. The van der Waals surface area contributed by atoms with Crippen LogP contribution in [0.15, 0.2) is 53.8 Å². The van der Waals surface area contributed by atoms with E-state index < -0.39 is 6.09 Å². The Morgan fingerprint density at radius 1 is 1.26 bits per heavy atom. The third-order valence-corrected chi connectivity index (χ3v) is 5.52. The summed E-state index contributed by atoms with van der Waals surface area (Å²) >= 11 is 0. The average molecular weight is 463 g/mol. The lowest BCUT2D eigenvalue weighted by molar-refractivity contribution is 0.139. The van der Waals surface area contributed by atoms with Crippen LogP contribution in [0.3, 0.4) is 0 Å². The second-order valence-electron chi connectivity index (χ2n) is 8.00. The van der Waals surface area contributed by atoms with Gasteiger partial charge in [0.25, 0.3) is 0 Å². The Morgan fingerprint density at radius 3 is 3.03 bits per heavy atom. The molecule has 1 saturated heterocycles. The third kappa shape index (κ3) is 4.37. The number of rotatable bonds is 7. The van der Waals surface area contributed by atoms with Gasteiger partial charge in [0, 0.05) is 31.9 Å². The van der Waals surface area contributed by atoms with Gasteiger partial charge in [-0.15, -0.1) is 0 Å². The van der Waals surface area contributed by atoms with E-state index in [1.807, 2.05) is 18.0 Å². The molecule has 1 fully saturated rings. The first-order chi connectivity index (χ1) is 16.5. The molecule has 2 aromatic heterocycles. The van der Waals surface area contributed by atoms with Crippen molar-refractivity contribution in [3.05, 3.63) is 48.8 Å². The molecule has 0 aliphatic carbocycles. The Kier molecular flexibility index (Phi) is 5.76. The summed E-state index contributed by atoms with van der Waals surface area (Å²) in [4.78, 5) is 29.0. The molecule has 0 unspecified atom stereocenters. The zero-order valence-electron chi connectivity index (χ0n) is 18.8. The molecule has 176 valence electrons. The van der Waals surface area contributed by atoms with E-state index >= 15 is 0 Å². The number of pyridine rings is 2. The number of aromatic nitrogens is 2. The number of ether oxygens (including phenoxy) is 3. The average Bonchev–Trinajstić information content (AvgIpc) is 3.21. The second kappa shape index (κ2) is 9.02. The fourth-order valence-corrected chi connectivity index (χ4v) is 3.68. The van der Waals surface area contributed by atoms with Crippen molar-refractivity contribution in [1.82, 2.24) is 15.3 Å². The van der Waals surface area contributed by atoms with E-state index in [2.05, 4.69) is 38.8 Å². The molecule has 0 radical (unpaired) electrons. The zero-order valence-corrected chi connectivity index (χ0v) is 18.8. The topological polar surface area (TPSA) is 113 Å². The Hall–Kier alpha value is -4.12. The van der Waals surface area contributed by atoms with Gasteiger partial charge in [0.05, 0.1) is 18.5 Å². The lowest BCUT2D eigenvalue weighted by Gasteiger charge is -2.23. The van der Waals surface area contributed by atoms with E-state index in [1.54, 1.807) is 24.4 Å². The van der Waals surface area contributed by atoms with Crippen molar-refractivity contribution in [3.63, 3.8) is 0 Å². The summed E-state index contributed by atoms with van der Waals surface area (Å²) in [6.07, 6.45) is 0.969. The van der Waals surface area contributed by atoms with Crippen molar-refractivity contribution in [2.45, 2.75) is 6.10 Å². The van der Waals surface area contributed by atoms with Gasteiger partial charge in [0.15, 0.2) is 17.4 Å². The van der Waals surface area contributed by atoms with Gasteiger partial charge in [-0.3, -0.25) is 9.89 Å². The highest BCUT2D eigenvalue weighted by Crippen LogP contribution is 2.33. The van der Waals surface area contributed by atoms with Crippen molar-refractivity contribution in [3.8, 4) is 11.6 Å². The van der Waals surface area contributed by atoms with Crippen LogP contribution in [0.2, 0.25) is 0 Å². The number of hydrogen-bond acceptors (Lipinski definition) is 10. The van der Waals surface area contributed by atoms with Crippen LogP contribution in [0.1, 0.15) is 0 Å². The van der Waals surface area contributed by atoms with Crippen LogP contribution in [-0.2, 0) is 4.74 Å². The molecular formula is C23H25N7O4. The molecule has 1 atom stereocenters. The first kappa shape index (κ1) is 21.7. The number of cyclic esters (lactones) is 1. The number of fused-ring (bicyclic) bond motifs is 2. The van der Waals surface area contributed by atoms with E-state index in [9.17, 15) is 4.79 Å². The molecule has 0 saturated carbocycles. The van der Waals surface area contributed by atoms with Crippen molar-refractivity contribution < 1.29 is 19.0 Å². The van der Waals surface area contributed by atoms with Crippen LogP contribution in [0, 0.1) is 0 Å². The summed E-state index contributed by atoms with van der Waals surface area (Å²) in [5.41, 5.74) is 2.25. The van der Waals surface area contributed by atoms with E-state index in [1.165, 1.54) is 4.90 Å². The highest BCUT2D eigenvalue weighted by Gasteiger charge is 2.33. The van der Waals surface area contributed by atoms with Gasteiger partial charge in [0.2, 0.25) is 5.88 Å². The Balaban J connectivity index is 1.09. The lowest BCUT2D eigenvalue weighted by Crippen LogP contribution is -2.33. The highest BCUT2D eigenvalue weighted by molar-refractivity contribution is 5.91. The van der Waals surface area contributed by atoms with Gasteiger partial charge >= 0.3 is 6.09 Å². The van der Waals surface area contributed by atoms with Crippen molar-refractivity contribution in [2.24, 2.45) is 4.99 Å². The van der Waals surface area contributed by atoms with Crippen LogP contribution < -0.4 is 29.9 Å². The summed E-state index contributed by atoms with van der Waals surface area (Å²) in [5, 5.41) is 6.33. The van der Waals surface area contributed by atoms with Crippen LogP contribution in [0.25, 0.3) is 0 Å². The third-order valence-electron chi connectivity index (χ3n) is 5.52. The number of aliphatic imine (C=N–C) groups is 1. The highest BCUT2D eigenvalue weighted by atomic mass is 16.6. The fraction of sp³-hybridized carbons (Fsp3) is 0.304. The van der Waals surface area contributed by atoms with Crippen LogP contribution in [-0.4, -0.2) is 68.3 Å². The maximum atomic E-state index is 12.4. The first-order valence-electron chi connectivity index (χ1n) is 10.9. The molecule has 3 aliphatic rings. The predicted octanol–water partition coefficient (Wildman–Crippen LogP) is 2.45. The maximum Gasteiger partial charge on any atom is 0.416 e. The molecule has 34 heavy (non-hydrogen) atoms. The van der Waals surface area contributed by atoms with Crippen LogP contribution in [0.4, 0.5) is 27.9 Å². The number of carbonyl (C=O) groups excluding carboxylic acids is 1. The van der Waals surface area contributed by atoms with E-state index in [4.69, 9.17) is 14.2 Å². The summed E-state index contributed by atoms with van der Waals surface area (Å²) in [5.74, 6) is 2.88. The number of nitrogens with zero attached hydrogens (tertiary/aromatic N) is 5.